The number of nitrogens with zero attached hydrogens (tertiary/aromatic N) is 1. The van der Waals surface area contributed by atoms with E-state index in [4.69, 9.17) is 11.1 Å². The zero-order valence-electron chi connectivity index (χ0n) is 12.2. The molecule has 1 aliphatic rings. The molecule has 2 rings (SSSR count). The third kappa shape index (κ3) is 3.50. The Hall–Kier alpha value is -1.58. The molecule has 1 atom stereocenters. The quantitative estimate of drug-likeness (QED) is 0.653. The van der Waals surface area contributed by atoms with Gasteiger partial charge in [0.05, 0.1) is 5.69 Å². The van der Waals surface area contributed by atoms with Crippen LogP contribution in [0.1, 0.15) is 44.6 Å². The second kappa shape index (κ2) is 6.73. The van der Waals surface area contributed by atoms with Gasteiger partial charge in [-0.15, -0.1) is 0 Å². The molecule has 4 heteroatoms. The van der Waals surface area contributed by atoms with Crippen molar-refractivity contribution < 1.29 is 4.39 Å². The van der Waals surface area contributed by atoms with Crippen molar-refractivity contribution in [2.75, 3.05) is 18.0 Å². The summed E-state index contributed by atoms with van der Waals surface area (Å²) < 4.78 is 14.2. The first-order chi connectivity index (χ1) is 9.61. The number of halogens is 1. The minimum absolute atomic E-state index is 0.0886. The summed E-state index contributed by atoms with van der Waals surface area (Å²) in [5, 5.41) is 7.35. The molecule has 1 unspecified atom stereocenters. The van der Waals surface area contributed by atoms with Gasteiger partial charge in [-0.3, -0.25) is 5.41 Å². The standard InChI is InChI=1S/C16H24FN3/c1-2-4-12-5-3-9-20(10-8-12)15-7-6-13(16(18)19)11-14(15)17/h6-7,11-12H,2-5,8-10H2,1H3,(H3,18,19). The number of nitrogen functional groups attached to an aromatic ring is 1. The van der Waals surface area contributed by atoms with Crippen molar-refractivity contribution in [2.45, 2.75) is 39.0 Å². The number of hydrogen-bond acceptors (Lipinski definition) is 2. The minimum Gasteiger partial charge on any atom is -0.384 e. The lowest BCUT2D eigenvalue weighted by atomic mass is 9.96. The number of hydrogen-bond donors (Lipinski definition) is 2. The van der Waals surface area contributed by atoms with Crippen LogP contribution in [0.25, 0.3) is 0 Å². The Morgan fingerprint density at radius 2 is 2.20 bits per heavy atom. The van der Waals surface area contributed by atoms with E-state index >= 15 is 0 Å². The highest BCUT2D eigenvalue weighted by Crippen LogP contribution is 2.27. The van der Waals surface area contributed by atoms with Crippen molar-refractivity contribution in [3.05, 3.63) is 29.6 Å². The summed E-state index contributed by atoms with van der Waals surface area (Å²) in [5.41, 5.74) is 6.49. The third-order valence-corrected chi connectivity index (χ3v) is 4.14. The Labute approximate surface area is 120 Å². The van der Waals surface area contributed by atoms with Crippen LogP contribution in [-0.4, -0.2) is 18.9 Å². The van der Waals surface area contributed by atoms with Gasteiger partial charge >= 0.3 is 0 Å². The van der Waals surface area contributed by atoms with Gasteiger partial charge in [0.15, 0.2) is 0 Å². The predicted molar refractivity (Wildman–Crippen MR) is 81.9 cm³/mol. The van der Waals surface area contributed by atoms with E-state index in [9.17, 15) is 4.39 Å². The highest BCUT2D eigenvalue weighted by Gasteiger charge is 2.19. The highest BCUT2D eigenvalue weighted by molar-refractivity contribution is 5.95. The Morgan fingerprint density at radius 3 is 2.85 bits per heavy atom. The molecule has 20 heavy (non-hydrogen) atoms. The van der Waals surface area contributed by atoms with E-state index in [1.807, 2.05) is 0 Å². The summed E-state index contributed by atoms with van der Waals surface area (Å²) in [4.78, 5) is 2.13. The van der Waals surface area contributed by atoms with Crippen LogP contribution in [0.5, 0.6) is 0 Å². The second-order valence-electron chi connectivity index (χ2n) is 5.65. The van der Waals surface area contributed by atoms with Gasteiger partial charge in [-0.2, -0.15) is 0 Å². The molecular formula is C16H24FN3. The fourth-order valence-electron chi connectivity index (χ4n) is 3.03. The van der Waals surface area contributed by atoms with E-state index in [1.54, 1.807) is 12.1 Å². The number of rotatable bonds is 4. The molecule has 0 saturated carbocycles. The Morgan fingerprint density at radius 1 is 1.40 bits per heavy atom. The monoisotopic (exact) mass is 277 g/mol. The maximum absolute atomic E-state index is 14.2. The topological polar surface area (TPSA) is 53.1 Å². The molecule has 0 aliphatic carbocycles. The van der Waals surface area contributed by atoms with Gasteiger partial charge < -0.3 is 10.6 Å². The molecule has 0 radical (unpaired) electrons. The van der Waals surface area contributed by atoms with Gasteiger partial charge in [0, 0.05) is 18.7 Å². The summed E-state index contributed by atoms with van der Waals surface area (Å²) >= 11 is 0. The lowest BCUT2D eigenvalue weighted by molar-refractivity contribution is 0.435. The Balaban J connectivity index is 2.09. The molecule has 0 amide bonds. The molecule has 0 spiro atoms. The average molecular weight is 277 g/mol. The molecule has 1 saturated heterocycles. The number of anilines is 1. The number of nitrogens with two attached hydrogens (primary N) is 1. The fraction of sp³-hybridized carbons (Fsp3) is 0.562. The summed E-state index contributed by atoms with van der Waals surface area (Å²) in [6.45, 7) is 4.06. The molecule has 1 aromatic rings. The molecular weight excluding hydrogens is 253 g/mol. The SMILES string of the molecule is CCCC1CCCN(c2ccc(C(=N)N)cc2F)CC1. The highest BCUT2D eigenvalue weighted by atomic mass is 19.1. The van der Waals surface area contributed by atoms with Crippen molar-refractivity contribution in [2.24, 2.45) is 11.7 Å². The van der Waals surface area contributed by atoms with Crippen LogP contribution in [-0.2, 0) is 0 Å². The molecule has 3 nitrogen and oxygen atoms in total. The molecule has 110 valence electrons. The van der Waals surface area contributed by atoms with Gasteiger partial charge in [0.1, 0.15) is 11.7 Å². The second-order valence-corrected chi connectivity index (χ2v) is 5.65. The number of benzene rings is 1. The molecule has 3 N–H and O–H groups in total. The zero-order valence-corrected chi connectivity index (χ0v) is 12.2. The normalized spacial score (nSPS) is 19.7. The average Bonchev–Trinajstić information content (AvgIpc) is 2.65. The first-order valence-electron chi connectivity index (χ1n) is 7.50. The van der Waals surface area contributed by atoms with Crippen LogP contribution >= 0.6 is 0 Å². The van der Waals surface area contributed by atoms with Gasteiger partial charge in [-0.1, -0.05) is 19.8 Å². The van der Waals surface area contributed by atoms with Crippen LogP contribution in [0, 0.1) is 17.1 Å². The minimum atomic E-state index is -0.272. The van der Waals surface area contributed by atoms with Crippen molar-refractivity contribution >= 4 is 11.5 Å². The molecule has 0 bridgehead atoms. The van der Waals surface area contributed by atoms with E-state index in [2.05, 4.69) is 11.8 Å². The summed E-state index contributed by atoms with van der Waals surface area (Å²) in [7, 11) is 0. The molecule has 1 aliphatic heterocycles. The largest absolute Gasteiger partial charge is 0.384 e. The van der Waals surface area contributed by atoms with Crippen LogP contribution < -0.4 is 10.6 Å². The smallest absolute Gasteiger partial charge is 0.147 e. The lowest BCUT2D eigenvalue weighted by Gasteiger charge is -2.23. The third-order valence-electron chi connectivity index (χ3n) is 4.14. The van der Waals surface area contributed by atoms with Crippen LogP contribution in [0.3, 0.4) is 0 Å². The number of nitrogens with one attached hydrogen (secondary N) is 1. The summed E-state index contributed by atoms with van der Waals surface area (Å²) in [6, 6.07) is 4.85. The fourth-order valence-corrected chi connectivity index (χ4v) is 3.03. The van der Waals surface area contributed by atoms with E-state index < -0.39 is 0 Å². The Bertz CT molecular complexity index is 473. The number of amidine groups is 1. The maximum atomic E-state index is 14.2. The summed E-state index contributed by atoms with van der Waals surface area (Å²) in [6.07, 6.45) is 6.02. The zero-order chi connectivity index (χ0) is 14.5. The van der Waals surface area contributed by atoms with E-state index in [0.717, 1.165) is 31.8 Å². The van der Waals surface area contributed by atoms with Crippen molar-refractivity contribution in [3.63, 3.8) is 0 Å². The predicted octanol–water partition coefficient (Wildman–Crippen LogP) is 3.52. The van der Waals surface area contributed by atoms with Gasteiger partial charge in [-0.25, -0.2) is 4.39 Å². The van der Waals surface area contributed by atoms with Crippen LogP contribution in [0.4, 0.5) is 10.1 Å². The van der Waals surface area contributed by atoms with Gasteiger partial charge in [-0.05, 0) is 43.4 Å². The van der Waals surface area contributed by atoms with E-state index in [1.165, 1.54) is 25.3 Å². The van der Waals surface area contributed by atoms with Crippen LogP contribution in [0.15, 0.2) is 18.2 Å². The Kier molecular flexibility index (Phi) is 4.99. The van der Waals surface area contributed by atoms with Crippen molar-refractivity contribution in [1.29, 1.82) is 5.41 Å². The maximum Gasteiger partial charge on any atom is 0.147 e. The molecule has 1 fully saturated rings. The summed E-state index contributed by atoms with van der Waals surface area (Å²) in [5.74, 6) is 0.422. The van der Waals surface area contributed by atoms with Crippen LogP contribution in [0.2, 0.25) is 0 Å². The van der Waals surface area contributed by atoms with Gasteiger partial charge in [0.2, 0.25) is 0 Å². The first-order valence-corrected chi connectivity index (χ1v) is 7.50. The van der Waals surface area contributed by atoms with Crippen molar-refractivity contribution in [3.8, 4) is 0 Å². The molecule has 1 aromatic carbocycles. The van der Waals surface area contributed by atoms with E-state index in [0.29, 0.717) is 11.3 Å². The molecule has 1 heterocycles. The van der Waals surface area contributed by atoms with E-state index in [-0.39, 0.29) is 11.7 Å². The molecule has 0 aromatic heterocycles. The first kappa shape index (κ1) is 14.8. The van der Waals surface area contributed by atoms with Gasteiger partial charge in [0.25, 0.3) is 0 Å². The van der Waals surface area contributed by atoms with Crippen molar-refractivity contribution in [1.82, 2.24) is 0 Å². The lowest BCUT2D eigenvalue weighted by Crippen LogP contribution is -2.25.